The number of aryl methyl sites for hydroxylation is 1. The summed E-state index contributed by atoms with van der Waals surface area (Å²) >= 11 is 0. The number of carbonyl (C=O) groups excluding carboxylic acids is 2. The van der Waals surface area contributed by atoms with Crippen LogP contribution in [0.4, 0.5) is 5.69 Å². The average Bonchev–Trinajstić information content (AvgIpc) is 3.12. The number of imide groups is 1. The molecule has 0 saturated heterocycles. The first-order valence-electron chi connectivity index (χ1n) is 9.34. The Hall–Kier alpha value is -2.40. The van der Waals surface area contributed by atoms with Gasteiger partial charge in [-0.3, -0.25) is 19.9 Å². The van der Waals surface area contributed by atoms with Crippen LogP contribution in [0.1, 0.15) is 56.2 Å². The molecule has 5 nitrogen and oxygen atoms in total. The zero-order valence-electron chi connectivity index (χ0n) is 15.5. The highest BCUT2D eigenvalue weighted by Crippen LogP contribution is 2.39. The molecule has 0 radical (unpaired) electrons. The Morgan fingerprint density at radius 1 is 1.08 bits per heavy atom. The summed E-state index contributed by atoms with van der Waals surface area (Å²) in [5, 5.41) is 0. The maximum absolute atomic E-state index is 12.9. The highest BCUT2D eigenvalue weighted by atomic mass is 16.7. The lowest BCUT2D eigenvalue weighted by Crippen LogP contribution is -2.32. The lowest BCUT2D eigenvalue weighted by molar-refractivity contribution is -0.120. The molecule has 0 unspecified atom stereocenters. The summed E-state index contributed by atoms with van der Waals surface area (Å²) in [6.07, 6.45) is 6.35. The first-order valence-corrected chi connectivity index (χ1v) is 9.34. The SMILES string of the molecule is Cc1cc2c(cc1N1C(=O)C3=C(CCCC3)C1=O)C(NOC(C)C)=CC2. The summed E-state index contributed by atoms with van der Waals surface area (Å²) in [6.45, 7) is 5.88. The third-order valence-electron chi connectivity index (χ3n) is 5.27. The minimum Gasteiger partial charge on any atom is -0.273 e. The number of allylic oxidation sites excluding steroid dienone is 1. The van der Waals surface area contributed by atoms with Crippen LogP contribution in [0.15, 0.2) is 29.4 Å². The van der Waals surface area contributed by atoms with E-state index in [9.17, 15) is 9.59 Å². The van der Waals surface area contributed by atoms with Crippen molar-refractivity contribution in [1.29, 1.82) is 0 Å². The van der Waals surface area contributed by atoms with E-state index in [4.69, 9.17) is 4.84 Å². The van der Waals surface area contributed by atoms with Crippen LogP contribution in [0.5, 0.6) is 0 Å². The highest BCUT2D eigenvalue weighted by Gasteiger charge is 2.40. The van der Waals surface area contributed by atoms with Gasteiger partial charge in [-0.2, -0.15) is 0 Å². The summed E-state index contributed by atoms with van der Waals surface area (Å²) in [4.78, 5) is 32.7. The van der Waals surface area contributed by atoms with Crippen LogP contribution in [0.3, 0.4) is 0 Å². The first-order chi connectivity index (χ1) is 12.5. The molecule has 3 aliphatic rings. The zero-order chi connectivity index (χ0) is 18.4. The van der Waals surface area contributed by atoms with Crippen molar-refractivity contribution < 1.29 is 14.4 Å². The van der Waals surface area contributed by atoms with Gasteiger partial charge in [0.15, 0.2) is 0 Å². The largest absolute Gasteiger partial charge is 0.273 e. The van der Waals surface area contributed by atoms with Crippen LogP contribution in [-0.4, -0.2) is 17.9 Å². The van der Waals surface area contributed by atoms with Crippen molar-refractivity contribution in [2.45, 2.75) is 59.0 Å². The molecule has 2 aliphatic carbocycles. The second-order valence-electron chi connectivity index (χ2n) is 7.50. The molecule has 1 heterocycles. The van der Waals surface area contributed by atoms with Crippen LogP contribution >= 0.6 is 0 Å². The molecule has 1 aromatic carbocycles. The van der Waals surface area contributed by atoms with Gasteiger partial charge in [0, 0.05) is 16.7 Å². The van der Waals surface area contributed by atoms with Gasteiger partial charge in [0.05, 0.1) is 17.5 Å². The number of nitrogens with one attached hydrogen (secondary N) is 1. The Labute approximate surface area is 153 Å². The monoisotopic (exact) mass is 352 g/mol. The third kappa shape index (κ3) is 2.67. The van der Waals surface area contributed by atoms with Crippen molar-refractivity contribution in [2.75, 3.05) is 4.90 Å². The van der Waals surface area contributed by atoms with Crippen molar-refractivity contribution in [2.24, 2.45) is 0 Å². The van der Waals surface area contributed by atoms with Gasteiger partial charge in [-0.1, -0.05) is 12.1 Å². The summed E-state index contributed by atoms with van der Waals surface area (Å²) in [6, 6.07) is 4.03. The van der Waals surface area contributed by atoms with Gasteiger partial charge in [-0.05, 0) is 70.1 Å². The molecule has 1 N–H and O–H groups in total. The molecular weight excluding hydrogens is 328 g/mol. The Bertz CT molecular complexity index is 836. The van der Waals surface area contributed by atoms with Gasteiger partial charge in [0.1, 0.15) is 0 Å². The Morgan fingerprint density at radius 2 is 1.73 bits per heavy atom. The van der Waals surface area contributed by atoms with Crippen LogP contribution in [-0.2, 0) is 20.8 Å². The topological polar surface area (TPSA) is 58.6 Å². The fourth-order valence-electron chi connectivity index (χ4n) is 3.98. The number of anilines is 1. The van der Waals surface area contributed by atoms with Gasteiger partial charge in [-0.15, -0.1) is 0 Å². The molecular formula is C21H24N2O3. The number of fused-ring (bicyclic) bond motifs is 1. The summed E-state index contributed by atoms with van der Waals surface area (Å²) < 4.78 is 0. The summed E-state index contributed by atoms with van der Waals surface area (Å²) in [7, 11) is 0. The molecule has 1 aliphatic heterocycles. The smallest absolute Gasteiger partial charge is 0.261 e. The number of hydrogen-bond donors (Lipinski definition) is 1. The van der Waals surface area contributed by atoms with E-state index < -0.39 is 0 Å². The van der Waals surface area contributed by atoms with Crippen molar-refractivity contribution in [3.05, 3.63) is 46.0 Å². The molecule has 26 heavy (non-hydrogen) atoms. The van der Waals surface area contributed by atoms with Crippen LogP contribution in [0, 0.1) is 6.92 Å². The minimum absolute atomic E-state index is 0.0579. The number of carbonyl (C=O) groups is 2. The molecule has 4 rings (SSSR count). The van der Waals surface area contributed by atoms with Gasteiger partial charge in [-0.25, -0.2) is 4.90 Å². The maximum atomic E-state index is 12.9. The Balaban J connectivity index is 1.69. The van der Waals surface area contributed by atoms with E-state index >= 15 is 0 Å². The van der Waals surface area contributed by atoms with E-state index in [1.54, 1.807) is 0 Å². The molecule has 0 atom stereocenters. The van der Waals surface area contributed by atoms with Crippen LogP contribution < -0.4 is 10.4 Å². The summed E-state index contributed by atoms with van der Waals surface area (Å²) in [5.41, 5.74) is 9.16. The first kappa shape index (κ1) is 17.0. The molecule has 0 saturated carbocycles. The Kier molecular flexibility index (Phi) is 4.19. The number of rotatable bonds is 4. The van der Waals surface area contributed by atoms with Crippen molar-refractivity contribution in [3.8, 4) is 0 Å². The molecule has 0 aromatic heterocycles. The molecule has 0 bridgehead atoms. The number of amides is 2. The van der Waals surface area contributed by atoms with E-state index in [1.807, 2.05) is 26.8 Å². The van der Waals surface area contributed by atoms with E-state index in [-0.39, 0.29) is 17.9 Å². The number of benzene rings is 1. The molecule has 1 aromatic rings. The average molecular weight is 352 g/mol. The van der Waals surface area contributed by atoms with E-state index in [0.29, 0.717) is 5.69 Å². The van der Waals surface area contributed by atoms with Crippen molar-refractivity contribution in [3.63, 3.8) is 0 Å². The Morgan fingerprint density at radius 3 is 2.35 bits per heavy atom. The van der Waals surface area contributed by atoms with Crippen molar-refractivity contribution in [1.82, 2.24) is 5.48 Å². The van der Waals surface area contributed by atoms with Crippen LogP contribution in [0.25, 0.3) is 5.70 Å². The molecule has 0 spiro atoms. The molecule has 2 amide bonds. The second kappa shape index (κ2) is 6.40. The standard InChI is InChI=1S/C21H24N2O3/c1-12(2)26-22-18-9-8-14-10-13(3)19(11-17(14)18)23-20(24)15-6-4-5-7-16(15)21(23)25/h9-12,22H,4-8H2,1-3H3. The number of nitrogens with zero attached hydrogens (tertiary/aromatic N) is 1. The normalized spacial score (nSPS) is 19.2. The molecule has 0 fully saturated rings. The van der Waals surface area contributed by atoms with Gasteiger partial charge >= 0.3 is 0 Å². The molecule has 5 heteroatoms. The van der Waals surface area contributed by atoms with Gasteiger partial charge < -0.3 is 0 Å². The van der Waals surface area contributed by atoms with E-state index in [0.717, 1.165) is 60.1 Å². The molecule has 136 valence electrons. The van der Waals surface area contributed by atoms with Crippen molar-refractivity contribution >= 4 is 23.2 Å². The predicted molar refractivity (Wildman–Crippen MR) is 100 cm³/mol. The lowest BCUT2D eigenvalue weighted by Gasteiger charge is -2.20. The second-order valence-corrected chi connectivity index (χ2v) is 7.50. The zero-order valence-corrected chi connectivity index (χ0v) is 15.5. The predicted octanol–water partition coefficient (Wildman–Crippen LogP) is 3.57. The summed E-state index contributed by atoms with van der Waals surface area (Å²) in [5.74, 6) is -0.273. The fourth-order valence-corrected chi connectivity index (χ4v) is 3.98. The minimum atomic E-state index is -0.136. The maximum Gasteiger partial charge on any atom is 0.261 e. The number of hydroxylamine groups is 1. The van der Waals surface area contributed by atoms with Crippen LogP contribution in [0.2, 0.25) is 0 Å². The fraction of sp³-hybridized carbons (Fsp3) is 0.429. The van der Waals surface area contributed by atoms with Gasteiger partial charge in [0.25, 0.3) is 11.8 Å². The van der Waals surface area contributed by atoms with E-state index in [2.05, 4.69) is 17.6 Å². The quantitative estimate of drug-likeness (QED) is 0.665. The third-order valence-corrected chi connectivity index (χ3v) is 5.27. The van der Waals surface area contributed by atoms with E-state index in [1.165, 1.54) is 10.5 Å². The number of hydrogen-bond acceptors (Lipinski definition) is 4. The van der Waals surface area contributed by atoms with Gasteiger partial charge in [0.2, 0.25) is 0 Å². The highest BCUT2D eigenvalue weighted by molar-refractivity contribution is 6.33. The lowest BCUT2D eigenvalue weighted by atomic mass is 9.93.